The first kappa shape index (κ1) is 6.81. The van der Waals surface area contributed by atoms with Crippen LogP contribution in [0.4, 0.5) is 0 Å². The van der Waals surface area contributed by atoms with Gasteiger partial charge in [-0.25, -0.2) is 0 Å². The average molecular weight is 134 g/mol. The van der Waals surface area contributed by atoms with Crippen LogP contribution in [0.5, 0.6) is 5.75 Å². The van der Waals surface area contributed by atoms with Crippen LogP contribution in [0.25, 0.3) is 5.41 Å². The quantitative estimate of drug-likeness (QED) is 0.583. The van der Waals surface area contributed by atoms with Crippen LogP contribution in [-0.4, -0.2) is 11.3 Å². The highest BCUT2D eigenvalue weighted by molar-refractivity contribution is 5.85. The van der Waals surface area contributed by atoms with Gasteiger partial charge in [0.15, 0.2) is 0 Å². The lowest BCUT2D eigenvalue weighted by molar-refractivity contribution is 0.474. The van der Waals surface area contributed by atoms with Crippen molar-refractivity contribution in [1.82, 2.24) is 0 Å². The summed E-state index contributed by atoms with van der Waals surface area (Å²) < 4.78 is 0. The molecular formula is C8H8NO-. The van der Waals surface area contributed by atoms with E-state index in [2.05, 4.69) is 0 Å². The van der Waals surface area contributed by atoms with Gasteiger partial charge in [0.25, 0.3) is 0 Å². The highest BCUT2D eigenvalue weighted by Crippen LogP contribution is 2.15. The molecule has 0 aliphatic rings. The number of aryl methyl sites for hydroxylation is 1. The molecule has 0 aromatic heterocycles. The first-order valence-electron chi connectivity index (χ1n) is 3.01. The SMILES string of the molecule is Cc1ccc(O)c(C=[N-])c1. The standard InChI is InChI=1S/C8H8NO/c1-6-2-3-8(10)7(4-6)5-9/h2-5,10H,1H3/q-1. The van der Waals surface area contributed by atoms with Crippen molar-refractivity contribution in [2.45, 2.75) is 6.92 Å². The Balaban J connectivity index is 3.21. The Labute approximate surface area is 59.6 Å². The second-order valence-electron chi connectivity index (χ2n) is 2.19. The van der Waals surface area contributed by atoms with Gasteiger partial charge in [0.1, 0.15) is 5.75 Å². The first-order valence-corrected chi connectivity index (χ1v) is 3.01. The minimum Gasteiger partial charge on any atom is -0.810 e. The molecule has 0 aliphatic carbocycles. The summed E-state index contributed by atoms with van der Waals surface area (Å²) >= 11 is 0. The zero-order valence-corrected chi connectivity index (χ0v) is 5.70. The second kappa shape index (κ2) is 2.52. The summed E-state index contributed by atoms with van der Waals surface area (Å²) in [6, 6.07) is 5.04. The molecule has 1 aromatic carbocycles. The number of benzene rings is 1. The maximum absolute atomic E-state index is 9.04. The van der Waals surface area contributed by atoms with Crippen molar-refractivity contribution >= 4 is 6.21 Å². The van der Waals surface area contributed by atoms with Gasteiger partial charge in [-0.3, -0.25) is 0 Å². The molecule has 0 spiro atoms. The minimum atomic E-state index is 0.105. The maximum Gasteiger partial charge on any atom is 0.120 e. The Morgan fingerprint density at radius 3 is 2.70 bits per heavy atom. The fourth-order valence-corrected chi connectivity index (χ4v) is 0.777. The normalized spacial score (nSPS) is 9.30. The van der Waals surface area contributed by atoms with Crippen molar-refractivity contribution in [3.8, 4) is 5.75 Å². The molecule has 0 saturated carbocycles. The number of phenolic OH excluding ortho intramolecular Hbond substituents is 1. The molecule has 0 unspecified atom stereocenters. The van der Waals surface area contributed by atoms with Gasteiger partial charge in [-0.2, -0.15) is 6.21 Å². The van der Waals surface area contributed by atoms with Gasteiger partial charge in [0.2, 0.25) is 0 Å². The van der Waals surface area contributed by atoms with Crippen LogP contribution in [0.15, 0.2) is 18.2 Å². The Morgan fingerprint density at radius 2 is 2.20 bits per heavy atom. The predicted octanol–water partition coefficient (Wildman–Crippen LogP) is 1.69. The first-order chi connectivity index (χ1) is 4.74. The molecule has 0 atom stereocenters. The van der Waals surface area contributed by atoms with Gasteiger partial charge in [-0.05, 0) is 18.6 Å². The summed E-state index contributed by atoms with van der Waals surface area (Å²) in [7, 11) is 0. The van der Waals surface area contributed by atoms with Gasteiger partial charge >= 0.3 is 0 Å². The van der Waals surface area contributed by atoms with Crippen LogP contribution < -0.4 is 0 Å². The van der Waals surface area contributed by atoms with Crippen molar-refractivity contribution in [3.63, 3.8) is 0 Å². The molecule has 0 fully saturated rings. The number of phenols is 1. The summed E-state index contributed by atoms with van der Waals surface area (Å²) in [5.41, 5.74) is 1.47. The third-order valence-electron chi connectivity index (χ3n) is 1.32. The molecule has 10 heavy (non-hydrogen) atoms. The molecule has 1 N–H and O–H groups in total. The second-order valence-corrected chi connectivity index (χ2v) is 2.19. The monoisotopic (exact) mass is 134 g/mol. The van der Waals surface area contributed by atoms with Gasteiger partial charge in [-0.15, -0.1) is 0 Å². The van der Waals surface area contributed by atoms with Crippen LogP contribution in [-0.2, 0) is 0 Å². The molecule has 0 amide bonds. The van der Waals surface area contributed by atoms with Crippen molar-refractivity contribution in [2.24, 2.45) is 0 Å². The summed E-state index contributed by atoms with van der Waals surface area (Å²) in [6.45, 7) is 1.90. The molecule has 1 rings (SSSR count). The summed E-state index contributed by atoms with van der Waals surface area (Å²) in [4.78, 5) is 0. The van der Waals surface area contributed by atoms with Gasteiger partial charge in [-0.1, -0.05) is 17.7 Å². The van der Waals surface area contributed by atoms with Crippen molar-refractivity contribution in [2.75, 3.05) is 0 Å². The lowest BCUT2D eigenvalue weighted by Gasteiger charge is -2.01. The molecule has 0 radical (unpaired) electrons. The number of hydrogen-bond donors (Lipinski definition) is 1. The number of hydrogen-bond acceptors (Lipinski definition) is 1. The molecule has 0 aliphatic heterocycles. The van der Waals surface area contributed by atoms with Crippen LogP contribution in [0.3, 0.4) is 0 Å². The Hall–Kier alpha value is -1.31. The largest absolute Gasteiger partial charge is 0.810 e. The lowest BCUT2D eigenvalue weighted by Crippen LogP contribution is -1.81. The number of aromatic hydroxyl groups is 1. The van der Waals surface area contributed by atoms with Crippen molar-refractivity contribution in [3.05, 3.63) is 34.7 Å². The minimum absolute atomic E-state index is 0.105. The Kier molecular flexibility index (Phi) is 1.71. The van der Waals surface area contributed by atoms with Crippen LogP contribution in [0.2, 0.25) is 0 Å². The van der Waals surface area contributed by atoms with Gasteiger partial charge in [0, 0.05) is 0 Å². The molecule has 2 heteroatoms. The Bertz CT molecular complexity index is 255. The zero-order valence-electron chi connectivity index (χ0n) is 5.70. The number of rotatable bonds is 1. The summed E-state index contributed by atoms with van der Waals surface area (Å²) in [5, 5.41) is 17.6. The van der Waals surface area contributed by atoms with E-state index in [1.807, 2.05) is 6.92 Å². The predicted molar refractivity (Wildman–Crippen MR) is 41.4 cm³/mol. The van der Waals surface area contributed by atoms with E-state index < -0.39 is 0 Å². The fraction of sp³-hybridized carbons (Fsp3) is 0.125. The van der Waals surface area contributed by atoms with E-state index in [1.54, 1.807) is 18.2 Å². The highest BCUT2D eigenvalue weighted by Gasteiger charge is 1.92. The average Bonchev–Trinajstić information content (AvgIpc) is 1.94. The maximum atomic E-state index is 9.04. The third-order valence-corrected chi connectivity index (χ3v) is 1.32. The van der Waals surface area contributed by atoms with E-state index in [0.717, 1.165) is 11.8 Å². The molecule has 1 aromatic rings. The van der Waals surface area contributed by atoms with E-state index >= 15 is 0 Å². The smallest absolute Gasteiger partial charge is 0.120 e. The topological polar surface area (TPSA) is 42.5 Å². The highest BCUT2D eigenvalue weighted by atomic mass is 16.3. The summed E-state index contributed by atoms with van der Waals surface area (Å²) in [6.07, 6.45) is 0.891. The zero-order chi connectivity index (χ0) is 7.56. The Morgan fingerprint density at radius 1 is 1.50 bits per heavy atom. The molecule has 52 valence electrons. The number of nitrogens with zero attached hydrogens (tertiary/aromatic N) is 1. The molecule has 0 saturated heterocycles. The van der Waals surface area contributed by atoms with E-state index in [1.165, 1.54) is 0 Å². The molecular weight excluding hydrogens is 126 g/mol. The van der Waals surface area contributed by atoms with Crippen LogP contribution in [0.1, 0.15) is 11.1 Å². The van der Waals surface area contributed by atoms with Crippen molar-refractivity contribution in [1.29, 1.82) is 0 Å². The third kappa shape index (κ3) is 1.16. The van der Waals surface area contributed by atoms with Gasteiger partial charge in [0.05, 0.1) is 0 Å². The van der Waals surface area contributed by atoms with E-state index in [-0.39, 0.29) is 5.75 Å². The van der Waals surface area contributed by atoms with E-state index in [0.29, 0.717) is 5.56 Å². The summed E-state index contributed by atoms with van der Waals surface area (Å²) in [5.74, 6) is 0.105. The van der Waals surface area contributed by atoms with Crippen LogP contribution in [0, 0.1) is 6.92 Å². The van der Waals surface area contributed by atoms with E-state index in [4.69, 9.17) is 10.5 Å². The van der Waals surface area contributed by atoms with E-state index in [9.17, 15) is 0 Å². The van der Waals surface area contributed by atoms with Gasteiger partial charge < -0.3 is 10.5 Å². The van der Waals surface area contributed by atoms with Crippen LogP contribution >= 0.6 is 0 Å². The molecule has 2 nitrogen and oxygen atoms in total. The van der Waals surface area contributed by atoms with Crippen molar-refractivity contribution < 1.29 is 5.11 Å². The molecule has 0 bridgehead atoms. The lowest BCUT2D eigenvalue weighted by atomic mass is 10.1. The fourth-order valence-electron chi connectivity index (χ4n) is 0.777. The molecule has 0 heterocycles.